The third kappa shape index (κ3) is 2.92. The molecule has 0 bridgehead atoms. The molecule has 0 fully saturated rings. The molecule has 20 heavy (non-hydrogen) atoms. The zero-order valence-corrected chi connectivity index (χ0v) is 11.2. The Bertz CT molecular complexity index is 737. The molecular weight excluding hydrogens is 278 g/mol. The number of benzene rings is 2. The molecule has 2 aromatic rings. The van der Waals surface area contributed by atoms with E-state index in [0.717, 1.165) is 6.08 Å². The van der Waals surface area contributed by atoms with Gasteiger partial charge in [-0.15, -0.1) is 0 Å². The Labute approximate surface area is 116 Å². The quantitative estimate of drug-likeness (QED) is 0.640. The summed E-state index contributed by atoms with van der Waals surface area (Å²) in [6.45, 7) is 0. The highest BCUT2D eigenvalue weighted by Crippen LogP contribution is 2.21. The Morgan fingerprint density at radius 1 is 0.950 bits per heavy atom. The van der Waals surface area contributed by atoms with Crippen LogP contribution in [0.25, 0.3) is 6.08 Å². The van der Waals surface area contributed by atoms with Crippen molar-refractivity contribution in [3.8, 4) is 0 Å². The Balaban J connectivity index is 2.56. The first-order valence-corrected chi connectivity index (χ1v) is 7.21. The fraction of sp³-hybridized carbons (Fsp3) is 0. The standard InChI is InChI=1S/C14H11NO4S/c16-15(17)14(11-12-7-3-1-4-8-12)20(18,19)13-9-5-2-6-10-13/h1-11H/b14-11-. The van der Waals surface area contributed by atoms with Gasteiger partial charge in [0, 0.05) is 6.08 Å². The van der Waals surface area contributed by atoms with Crippen LogP contribution in [-0.2, 0) is 9.84 Å². The van der Waals surface area contributed by atoms with Crippen LogP contribution in [0.1, 0.15) is 5.56 Å². The van der Waals surface area contributed by atoms with Crippen molar-refractivity contribution in [2.75, 3.05) is 0 Å². The van der Waals surface area contributed by atoms with Gasteiger partial charge in [0.1, 0.15) is 0 Å². The number of nitro groups is 1. The Hall–Kier alpha value is -2.47. The van der Waals surface area contributed by atoms with Crippen molar-refractivity contribution in [3.63, 3.8) is 0 Å². The van der Waals surface area contributed by atoms with Gasteiger partial charge >= 0.3 is 5.03 Å². The molecule has 102 valence electrons. The lowest BCUT2D eigenvalue weighted by atomic mass is 10.2. The van der Waals surface area contributed by atoms with Crippen LogP contribution in [0.2, 0.25) is 0 Å². The van der Waals surface area contributed by atoms with Crippen molar-refractivity contribution in [1.29, 1.82) is 0 Å². The first-order valence-electron chi connectivity index (χ1n) is 5.73. The van der Waals surface area contributed by atoms with Crippen LogP contribution in [0.4, 0.5) is 0 Å². The van der Waals surface area contributed by atoms with E-state index in [1.54, 1.807) is 36.4 Å². The minimum Gasteiger partial charge on any atom is -0.258 e. The van der Waals surface area contributed by atoms with Gasteiger partial charge in [0.05, 0.1) is 9.82 Å². The zero-order chi connectivity index (χ0) is 14.6. The van der Waals surface area contributed by atoms with E-state index in [-0.39, 0.29) is 4.90 Å². The topological polar surface area (TPSA) is 77.3 Å². The lowest BCUT2D eigenvalue weighted by molar-refractivity contribution is -0.410. The molecule has 2 rings (SSSR count). The minimum absolute atomic E-state index is 0.0983. The molecule has 0 radical (unpaired) electrons. The van der Waals surface area contributed by atoms with Gasteiger partial charge in [-0.2, -0.15) is 0 Å². The fourth-order valence-electron chi connectivity index (χ4n) is 1.64. The first kappa shape index (κ1) is 14.0. The second-order valence-corrected chi connectivity index (χ2v) is 5.86. The van der Waals surface area contributed by atoms with E-state index in [1.165, 1.54) is 24.3 Å². The van der Waals surface area contributed by atoms with Crippen molar-refractivity contribution < 1.29 is 13.3 Å². The van der Waals surface area contributed by atoms with Crippen LogP contribution < -0.4 is 0 Å². The van der Waals surface area contributed by atoms with Crippen molar-refractivity contribution >= 4 is 15.9 Å². The van der Waals surface area contributed by atoms with Crippen molar-refractivity contribution in [2.24, 2.45) is 0 Å². The third-order valence-electron chi connectivity index (χ3n) is 2.60. The molecule has 5 nitrogen and oxygen atoms in total. The third-order valence-corrected chi connectivity index (χ3v) is 4.31. The zero-order valence-electron chi connectivity index (χ0n) is 10.3. The summed E-state index contributed by atoms with van der Waals surface area (Å²) in [5.41, 5.74) is 0.457. The molecule has 0 atom stereocenters. The molecule has 0 heterocycles. The summed E-state index contributed by atoms with van der Waals surface area (Å²) in [5.74, 6) is 0. The molecular formula is C14H11NO4S. The molecule has 0 aromatic heterocycles. The Kier molecular flexibility index (Phi) is 3.95. The molecule has 0 saturated heterocycles. The normalized spacial score (nSPS) is 12.1. The number of nitrogens with zero attached hydrogens (tertiary/aromatic N) is 1. The number of sulfone groups is 1. The number of rotatable bonds is 4. The summed E-state index contributed by atoms with van der Waals surface area (Å²) in [4.78, 5) is 10.1. The second-order valence-electron chi connectivity index (χ2n) is 3.97. The van der Waals surface area contributed by atoms with Gasteiger partial charge in [-0.1, -0.05) is 48.5 Å². The van der Waals surface area contributed by atoms with Gasteiger partial charge in [-0.3, -0.25) is 10.1 Å². The molecule has 2 aromatic carbocycles. The van der Waals surface area contributed by atoms with E-state index in [0.29, 0.717) is 5.56 Å². The molecule has 0 amide bonds. The summed E-state index contributed by atoms with van der Waals surface area (Å²) in [6, 6.07) is 15.7. The van der Waals surface area contributed by atoms with Crippen LogP contribution in [0, 0.1) is 10.1 Å². The number of hydrogen-bond donors (Lipinski definition) is 0. The molecule has 0 saturated carbocycles. The van der Waals surface area contributed by atoms with Gasteiger partial charge < -0.3 is 0 Å². The van der Waals surface area contributed by atoms with Gasteiger partial charge in [0.25, 0.3) is 9.84 Å². The molecule has 0 aliphatic rings. The highest BCUT2D eigenvalue weighted by Gasteiger charge is 2.31. The van der Waals surface area contributed by atoms with E-state index < -0.39 is 19.8 Å². The largest absolute Gasteiger partial charge is 0.364 e. The average molecular weight is 289 g/mol. The lowest BCUT2D eigenvalue weighted by Crippen LogP contribution is -2.12. The van der Waals surface area contributed by atoms with Crippen molar-refractivity contribution in [1.82, 2.24) is 0 Å². The highest BCUT2D eigenvalue weighted by atomic mass is 32.2. The summed E-state index contributed by atoms with van der Waals surface area (Å²) in [5, 5.41) is 10.2. The highest BCUT2D eigenvalue weighted by molar-refractivity contribution is 7.95. The maximum Gasteiger partial charge on any atom is 0.364 e. The van der Waals surface area contributed by atoms with Crippen LogP contribution in [0.15, 0.2) is 70.6 Å². The predicted octanol–water partition coefficient (Wildman–Crippen LogP) is 2.74. The van der Waals surface area contributed by atoms with Gasteiger partial charge in [-0.05, 0) is 17.7 Å². The monoisotopic (exact) mass is 289 g/mol. The molecule has 0 N–H and O–H groups in total. The maximum absolute atomic E-state index is 12.3. The van der Waals surface area contributed by atoms with E-state index in [9.17, 15) is 18.5 Å². The van der Waals surface area contributed by atoms with Gasteiger partial charge in [0.2, 0.25) is 0 Å². The van der Waals surface area contributed by atoms with Crippen molar-refractivity contribution in [2.45, 2.75) is 4.90 Å². The van der Waals surface area contributed by atoms with Crippen molar-refractivity contribution in [3.05, 3.63) is 81.4 Å². The number of hydrogen-bond acceptors (Lipinski definition) is 4. The average Bonchev–Trinajstić information content (AvgIpc) is 2.46. The van der Waals surface area contributed by atoms with Gasteiger partial charge in [0.15, 0.2) is 0 Å². The van der Waals surface area contributed by atoms with E-state index >= 15 is 0 Å². The van der Waals surface area contributed by atoms with Gasteiger partial charge in [-0.25, -0.2) is 8.42 Å². The fourth-order valence-corrected chi connectivity index (χ4v) is 2.89. The van der Waals surface area contributed by atoms with Crippen LogP contribution in [-0.4, -0.2) is 13.3 Å². The SMILES string of the molecule is O=[N+]([O-])/C(=C/c1ccccc1)S(=O)(=O)c1ccccc1. The lowest BCUT2D eigenvalue weighted by Gasteiger charge is -2.02. The first-order chi connectivity index (χ1) is 9.51. The minimum atomic E-state index is -4.14. The predicted molar refractivity (Wildman–Crippen MR) is 75.0 cm³/mol. The summed E-state index contributed by atoms with van der Waals surface area (Å²) >= 11 is 0. The second kappa shape index (κ2) is 5.66. The Morgan fingerprint density at radius 2 is 1.45 bits per heavy atom. The molecule has 0 unspecified atom stereocenters. The summed E-state index contributed by atoms with van der Waals surface area (Å²) in [6.07, 6.45) is 1.06. The van der Waals surface area contributed by atoms with Crippen LogP contribution in [0.3, 0.4) is 0 Å². The summed E-state index contributed by atoms with van der Waals surface area (Å²) < 4.78 is 24.5. The maximum atomic E-state index is 12.3. The van der Waals surface area contributed by atoms with Crippen LogP contribution >= 0.6 is 0 Å². The Morgan fingerprint density at radius 3 is 1.95 bits per heavy atom. The van der Waals surface area contributed by atoms with E-state index in [2.05, 4.69) is 0 Å². The molecule has 0 aliphatic carbocycles. The molecule has 0 aliphatic heterocycles. The molecule has 0 spiro atoms. The summed E-state index contributed by atoms with van der Waals surface area (Å²) in [7, 11) is -4.14. The van der Waals surface area contributed by atoms with E-state index in [4.69, 9.17) is 0 Å². The van der Waals surface area contributed by atoms with E-state index in [1.807, 2.05) is 0 Å². The smallest absolute Gasteiger partial charge is 0.258 e. The van der Waals surface area contributed by atoms with Crippen LogP contribution in [0.5, 0.6) is 0 Å². The molecule has 6 heteroatoms.